The van der Waals surface area contributed by atoms with Gasteiger partial charge >= 0.3 is 0 Å². The van der Waals surface area contributed by atoms with Crippen LogP contribution < -0.4 is 20.9 Å². The van der Waals surface area contributed by atoms with Crippen molar-refractivity contribution in [3.8, 4) is 0 Å². The van der Waals surface area contributed by atoms with E-state index in [2.05, 4.69) is 16.0 Å². The van der Waals surface area contributed by atoms with Crippen LogP contribution in [0.2, 0.25) is 0 Å². The quantitative estimate of drug-likeness (QED) is 0.487. The SMILES string of the molecule is CC(C)NC(=O)c1ccc(NCC(=O)Nc2ccc(C(=O)N(C)c3ccccc3)cc2)cc1. The predicted octanol–water partition coefficient (Wildman–Crippen LogP) is 4.15. The van der Waals surface area contributed by atoms with Gasteiger partial charge in [-0.25, -0.2) is 0 Å². The summed E-state index contributed by atoms with van der Waals surface area (Å²) < 4.78 is 0. The van der Waals surface area contributed by atoms with Crippen LogP contribution >= 0.6 is 0 Å². The molecule has 3 aromatic rings. The van der Waals surface area contributed by atoms with Gasteiger partial charge in [0.25, 0.3) is 11.8 Å². The van der Waals surface area contributed by atoms with E-state index in [1.165, 1.54) is 0 Å². The van der Waals surface area contributed by atoms with Crippen LogP contribution in [0.25, 0.3) is 0 Å². The van der Waals surface area contributed by atoms with Gasteiger partial charge in [0.15, 0.2) is 0 Å². The molecule has 3 aromatic carbocycles. The number of para-hydroxylation sites is 1. The molecule has 0 heterocycles. The van der Waals surface area contributed by atoms with Crippen LogP contribution in [0.1, 0.15) is 34.6 Å². The molecular formula is C26H28N4O3. The summed E-state index contributed by atoms with van der Waals surface area (Å²) >= 11 is 0. The van der Waals surface area contributed by atoms with E-state index in [1.54, 1.807) is 60.5 Å². The number of hydrogen-bond acceptors (Lipinski definition) is 4. The van der Waals surface area contributed by atoms with Crippen LogP contribution in [0.4, 0.5) is 17.1 Å². The molecule has 3 rings (SSSR count). The Labute approximate surface area is 193 Å². The molecule has 0 aliphatic heterocycles. The van der Waals surface area contributed by atoms with Crippen molar-refractivity contribution in [2.45, 2.75) is 19.9 Å². The zero-order chi connectivity index (χ0) is 23.8. The fourth-order valence-corrected chi connectivity index (χ4v) is 3.13. The van der Waals surface area contributed by atoms with Crippen LogP contribution in [-0.2, 0) is 4.79 Å². The van der Waals surface area contributed by atoms with Crippen molar-refractivity contribution < 1.29 is 14.4 Å². The van der Waals surface area contributed by atoms with Crippen molar-refractivity contribution in [1.29, 1.82) is 0 Å². The number of amides is 3. The first-order valence-corrected chi connectivity index (χ1v) is 10.7. The lowest BCUT2D eigenvalue weighted by molar-refractivity contribution is -0.114. The number of rotatable bonds is 8. The monoisotopic (exact) mass is 444 g/mol. The minimum atomic E-state index is -0.225. The van der Waals surface area contributed by atoms with Gasteiger partial charge in [-0.15, -0.1) is 0 Å². The Morgan fingerprint density at radius 3 is 1.97 bits per heavy atom. The molecule has 3 N–H and O–H groups in total. The lowest BCUT2D eigenvalue weighted by Gasteiger charge is -2.17. The van der Waals surface area contributed by atoms with Crippen molar-refractivity contribution in [1.82, 2.24) is 5.32 Å². The summed E-state index contributed by atoms with van der Waals surface area (Å²) in [5.41, 5.74) is 3.22. The highest BCUT2D eigenvalue weighted by Gasteiger charge is 2.13. The number of anilines is 3. The molecular weight excluding hydrogens is 416 g/mol. The second-order valence-corrected chi connectivity index (χ2v) is 7.88. The molecule has 0 saturated heterocycles. The second kappa shape index (κ2) is 10.9. The molecule has 7 nitrogen and oxygen atoms in total. The summed E-state index contributed by atoms with van der Waals surface area (Å²) in [5.74, 6) is -0.491. The third kappa shape index (κ3) is 6.67. The number of nitrogens with zero attached hydrogens (tertiary/aromatic N) is 1. The number of nitrogens with one attached hydrogen (secondary N) is 3. The van der Waals surface area contributed by atoms with Gasteiger partial charge in [-0.3, -0.25) is 14.4 Å². The molecule has 0 aliphatic carbocycles. The summed E-state index contributed by atoms with van der Waals surface area (Å²) in [6.07, 6.45) is 0. The Balaban J connectivity index is 1.50. The number of carbonyl (C=O) groups excluding carboxylic acids is 3. The van der Waals surface area contributed by atoms with Gasteiger partial charge in [0.2, 0.25) is 5.91 Å². The summed E-state index contributed by atoms with van der Waals surface area (Å²) in [7, 11) is 1.72. The van der Waals surface area contributed by atoms with E-state index >= 15 is 0 Å². The Bertz CT molecular complexity index is 1090. The maximum Gasteiger partial charge on any atom is 0.258 e. The van der Waals surface area contributed by atoms with Crippen LogP contribution in [0.5, 0.6) is 0 Å². The summed E-state index contributed by atoms with van der Waals surface area (Å²) in [5, 5.41) is 8.66. The molecule has 170 valence electrons. The van der Waals surface area contributed by atoms with Gasteiger partial charge in [-0.05, 0) is 74.5 Å². The molecule has 0 radical (unpaired) electrons. The first-order chi connectivity index (χ1) is 15.8. The van der Waals surface area contributed by atoms with E-state index in [4.69, 9.17) is 0 Å². The van der Waals surface area contributed by atoms with Gasteiger partial charge in [-0.1, -0.05) is 18.2 Å². The van der Waals surface area contributed by atoms with Gasteiger partial charge in [-0.2, -0.15) is 0 Å². The van der Waals surface area contributed by atoms with Gasteiger partial charge < -0.3 is 20.9 Å². The zero-order valence-electron chi connectivity index (χ0n) is 19.0. The van der Waals surface area contributed by atoms with Crippen molar-refractivity contribution in [3.05, 3.63) is 90.0 Å². The molecule has 33 heavy (non-hydrogen) atoms. The Morgan fingerprint density at radius 1 is 0.788 bits per heavy atom. The normalized spacial score (nSPS) is 10.4. The fraction of sp³-hybridized carbons (Fsp3) is 0.192. The van der Waals surface area contributed by atoms with E-state index in [0.717, 1.165) is 11.4 Å². The van der Waals surface area contributed by atoms with E-state index in [0.29, 0.717) is 16.8 Å². The third-order valence-electron chi connectivity index (χ3n) is 4.88. The van der Waals surface area contributed by atoms with Crippen LogP contribution in [0, 0.1) is 0 Å². The van der Waals surface area contributed by atoms with Crippen LogP contribution in [0.15, 0.2) is 78.9 Å². The van der Waals surface area contributed by atoms with Crippen molar-refractivity contribution in [2.24, 2.45) is 0 Å². The van der Waals surface area contributed by atoms with Gasteiger partial charge in [0.1, 0.15) is 0 Å². The molecule has 7 heteroatoms. The largest absolute Gasteiger partial charge is 0.376 e. The highest BCUT2D eigenvalue weighted by Crippen LogP contribution is 2.17. The van der Waals surface area contributed by atoms with E-state index in [9.17, 15) is 14.4 Å². The molecule has 3 amide bonds. The maximum absolute atomic E-state index is 12.7. The topological polar surface area (TPSA) is 90.5 Å². The predicted molar refractivity (Wildman–Crippen MR) is 132 cm³/mol. The third-order valence-corrected chi connectivity index (χ3v) is 4.88. The number of carbonyl (C=O) groups is 3. The molecule has 0 aliphatic rings. The fourth-order valence-electron chi connectivity index (χ4n) is 3.13. The van der Waals surface area contributed by atoms with E-state index < -0.39 is 0 Å². The lowest BCUT2D eigenvalue weighted by Crippen LogP contribution is -2.30. The summed E-state index contributed by atoms with van der Waals surface area (Å²) in [6.45, 7) is 3.87. The summed E-state index contributed by atoms with van der Waals surface area (Å²) in [6, 6.07) is 23.2. The van der Waals surface area contributed by atoms with E-state index in [1.807, 2.05) is 44.2 Å². The van der Waals surface area contributed by atoms with Crippen LogP contribution in [0.3, 0.4) is 0 Å². The minimum Gasteiger partial charge on any atom is -0.376 e. The van der Waals surface area contributed by atoms with Crippen molar-refractivity contribution in [3.63, 3.8) is 0 Å². The molecule has 0 unspecified atom stereocenters. The Kier molecular flexibility index (Phi) is 7.81. The highest BCUT2D eigenvalue weighted by molar-refractivity contribution is 6.06. The maximum atomic E-state index is 12.7. The van der Waals surface area contributed by atoms with Crippen molar-refractivity contribution in [2.75, 3.05) is 29.1 Å². The highest BCUT2D eigenvalue weighted by atomic mass is 16.2. The molecule has 0 spiro atoms. The molecule has 0 aromatic heterocycles. The number of benzene rings is 3. The minimum absolute atomic E-state index is 0.0644. The Morgan fingerprint density at radius 2 is 1.36 bits per heavy atom. The molecule has 0 saturated carbocycles. The molecule has 0 fully saturated rings. The van der Waals surface area contributed by atoms with Gasteiger partial charge in [0.05, 0.1) is 6.54 Å². The average molecular weight is 445 g/mol. The van der Waals surface area contributed by atoms with E-state index in [-0.39, 0.29) is 30.3 Å². The summed E-state index contributed by atoms with van der Waals surface area (Å²) in [4.78, 5) is 38.5. The first-order valence-electron chi connectivity index (χ1n) is 10.7. The standard InChI is InChI=1S/C26H28N4O3/c1-18(2)28-25(32)19-9-13-21(14-10-19)27-17-24(31)29-22-15-11-20(12-16-22)26(33)30(3)23-7-5-4-6-8-23/h4-16,18,27H,17H2,1-3H3,(H,28,32)(H,29,31). The average Bonchev–Trinajstić information content (AvgIpc) is 2.83. The molecule has 0 atom stereocenters. The first kappa shape index (κ1) is 23.5. The Hall–Kier alpha value is -4.13. The lowest BCUT2D eigenvalue weighted by atomic mass is 10.1. The smallest absolute Gasteiger partial charge is 0.258 e. The van der Waals surface area contributed by atoms with Crippen molar-refractivity contribution >= 4 is 34.8 Å². The number of hydrogen-bond donors (Lipinski definition) is 3. The second-order valence-electron chi connectivity index (χ2n) is 7.88. The van der Waals surface area contributed by atoms with Gasteiger partial charge in [0, 0.05) is 41.3 Å². The van der Waals surface area contributed by atoms with Crippen LogP contribution in [-0.4, -0.2) is 37.4 Å². The molecule has 0 bridgehead atoms. The zero-order valence-corrected chi connectivity index (χ0v) is 19.0.